The van der Waals surface area contributed by atoms with Crippen molar-refractivity contribution in [3.8, 4) is 0 Å². The lowest BCUT2D eigenvalue weighted by Gasteiger charge is -2.14. The third-order valence-corrected chi connectivity index (χ3v) is 6.93. The quantitative estimate of drug-likeness (QED) is 0.345. The Labute approximate surface area is 188 Å². The first-order chi connectivity index (χ1) is 14.2. The van der Waals surface area contributed by atoms with E-state index in [1.165, 1.54) is 18.2 Å². The molecule has 0 bridgehead atoms. The summed E-state index contributed by atoms with van der Waals surface area (Å²) in [5, 5.41) is 5.73. The number of halogens is 2. The highest BCUT2D eigenvalue weighted by Gasteiger charge is 2.22. The number of aryl methyl sites for hydroxylation is 2. The SMILES string of the molecule is Cc1ccc(NCC(=O)Nc2ccc(I)cc2C)c(S(=O)(=O)c2ccc(F)cc2)c1. The summed E-state index contributed by atoms with van der Waals surface area (Å²) >= 11 is 2.20. The van der Waals surface area contributed by atoms with Gasteiger partial charge in [0.1, 0.15) is 5.82 Å². The van der Waals surface area contributed by atoms with Gasteiger partial charge in [-0.25, -0.2) is 12.8 Å². The van der Waals surface area contributed by atoms with E-state index >= 15 is 0 Å². The first kappa shape index (κ1) is 22.2. The van der Waals surface area contributed by atoms with Gasteiger partial charge in [-0.15, -0.1) is 0 Å². The second-order valence-corrected chi connectivity index (χ2v) is 9.98. The molecular weight excluding hydrogens is 518 g/mol. The Hall–Kier alpha value is -2.46. The van der Waals surface area contributed by atoms with Crippen LogP contribution < -0.4 is 10.6 Å². The summed E-state index contributed by atoms with van der Waals surface area (Å²) in [6.45, 7) is 3.57. The van der Waals surface area contributed by atoms with E-state index in [1.54, 1.807) is 19.1 Å². The minimum Gasteiger partial charge on any atom is -0.375 e. The lowest BCUT2D eigenvalue weighted by Crippen LogP contribution is -2.23. The van der Waals surface area contributed by atoms with Crippen LogP contribution in [0.4, 0.5) is 15.8 Å². The van der Waals surface area contributed by atoms with Crippen molar-refractivity contribution in [1.29, 1.82) is 0 Å². The van der Waals surface area contributed by atoms with Crippen LogP contribution in [0.5, 0.6) is 0 Å². The second-order valence-electron chi connectivity index (χ2n) is 6.82. The van der Waals surface area contributed by atoms with Gasteiger partial charge in [0.2, 0.25) is 15.7 Å². The van der Waals surface area contributed by atoms with Crippen molar-refractivity contribution in [3.05, 3.63) is 81.2 Å². The Bertz CT molecular complexity index is 1200. The lowest BCUT2D eigenvalue weighted by atomic mass is 10.2. The monoisotopic (exact) mass is 538 g/mol. The van der Waals surface area contributed by atoms with E-state index in [2.05, 4.69) is 33.2 Å². The molecule has 3 aromatic rings. The molecule has 0 aliphatic rings. The van der Waals surface area contributed by atoms with Crippen LogP contribution in [0.3, 0.4) is 0 Å². The van der Waals surface area contributed by atoms with Crippen LogP contribution in [-0.4, -0.2) is 20.9 Å². The maximum atomic E-state index is 13.2. The maximum absolute atomic E-state index is 13.2. The number of carbonyl (C=O) groups is 1. The molecule has 0 unspecified atom stereocenters. The smallest absolute Gasteiger partial charge is 0.243 e. The fourth-order valence-corrected chi connectivity index (χ4v) is 5.04. The van der Waals surface area contributed by atoms with E-state index in [9.17, 15) is 17.6 Å². The summed E-state index contributed by atoms with van der Waals surface area (Å²) in [6.07, 6.45) is 0. The molecule has 0 saturated heterocycles. The molecule has 0 aromatic heterocycles. The molecule has 1 amide bonds. The van der Waals surface area contributed by atoms with E-state index in [4.69, 9.17) is 0 Å². The van der Waals surface area contributed by atoms with Gasteiger partial charge in [0, 0.05) is 9.26 Å². The number of anilines is 2. The number of hydrogen-bond donors (Lipinski definition) is 2. The Balaban J connectivity index is 1.81. The van der Waals surface area contributed by atoms with Gasteiger partial charge in [0.05, 0.1) is 22.0 Å². The average Bonchev–Trinajstić information content (AvgIpc) is 2.69. The minimum atomic E-state index is -3.89. The van der Waals surface area contributed by atoms with Crippen molar-refractivity contribution in [1.82, 2.24) is 0 Å². The number of nitrogens with one attached hydrogen (secondary N) is 2. The van der Waals surface area contributed by atoms with Crippen LogP contribution in [0.15, 0.2) is 70.5 Å². The van der Waals surface area contributed by atoms with Gasteiger partial charge in [-0.1, -0.05) is 6.07 Å². The fraction of sp³-hybridized carbons (Fsp3) is 0.136. The number of carbonyl (C=O) groups excluding carboxylic acids is 1. The summed E-state index contributed by atoms with van der Waals surface area (Å²) in [5.74, 6) is -0.816. The summed E-state index contributed by atoms with van der Waals surface area (Å²) in [7, 11) is -3.89. The van der Waals surface area contributed by atoms with Gasteiger partial charge in [-0.05, 0) is 102 Å². The van der Waals surface area contributed by atoms with Crippen LogP contribution in [0.1, 0.15) is 11.1 Å². The van der Waals surface area contributed by atoms with Crippen LogP contribution in [0.2, 0.25) is 0 Å². The first-order valence-corrected chi connectivity index (χ1v) is 11.6. The largest absolute Gasteiger partial charge is 0.375 e. The number of benzene rings is 3. The number of hydrogen-bond acceptors (Lipinski definition) is 4. The molecule has 0 radical (unpaired) electrons. The minimum absolute atomic E-state index is 0.0171. The molecule has 0 spiro atoms. The van der Waals surface area contributed by atoms with Gasteiger partial charge < -0.3 is 10.6 Å². The van der Waals surface area contributed by atoms with Crippen LogP contribution in [0.25, 0.3) is 0 Å². The zero-order valence-corrected chi connectivity index (χ0v) is 19.3. The molecule has 8 heteroatoms. The van der Waals surface area contributed by atoms with Crippen LogP contribution in [-0.2, 0) is 14.6 Å². The number of sulfone groups is 1. The Morgan fingerprint density at radius 3 is 2.30 bits per heavy atom. The highest BCUT2D eigenvalue weighted by Crippen LogP contribution is 2.29. The summed E-state index contributed by atoms with van der Waals surface area (Å²) < 4.78 is 40.4. The molecule has 3 rings (SSSR count). The van der Waals surface area contributed by atoms with E-state index < -0.39 is 15.7 Å². The molecule has 156 valence electrons. The molecule has 0 saturated carbocycles. The van der Waals surface area contributed by atoms with E-state index in [-0.39, 0.29) is 22.2 Å². The summed E-state index contributed by atoms with van der Waals surface area (Å²) in [4.78, 5) is 12.4. The van der Waals surface area contributed by atoms with E-state index in [0.717, 1.165) is 26.8 Å². The summed E-state index contributed by atoms with van der Waals surface area (Å²) in [5.41, 5.74) is 2.69. The molecule has 0 heterocycles. The molecule has 3 aromatic carbocycles. The van der Waals surface area contributed by atoms with E-state index in [0.29, 0.717) is 11.4 Å². The summed E-state index contributed by atoms with van der Waals surface area (Å²) in [6, 6.07) is 15.2. The molecule has 0 atom stereocenters. The molecule has 0 aliphatic carbocycles. The molecule has 0 fully saturated rings. The highest BCUT2D eigenvalue weighted by molar-refractivity contribution is 14.1. The van der Waals surface area contributed by atoms with Gasteiger partial charge in [-0.3, -0.25) is 4.79 Å². The third-order valence-electron chi connectivity index (χ3n) is 4.45. The Morgan fingerprint density at radius 2 is 1.63 bits per heavy atom. The third kappa shape index (κ3) is 5.17. The predicted molar refractivity (Wildman–Crippen MR) is 124 cm³/mol. The van der Waals surface area contributed by atoms with Crippen LogP contribution >= 0.6 is 22.6 Å². The zero-order valence-electron chi connectivity index (χ0n) is 16.4. The van der Waals surface area contributed by atoms with Crippen LogP contribution in [0, 0.1) is 23.2 Å². The van der Waals surface area contributed by atoms with Crippen molar-refractivity contribution in [3.63, 3.8) is 0 Å². The molecule has 30 heavy (non-hydrogen) atoms. The normalized spacial score (nSPS) is 11.2. The van der Waals surface area contributed by atoms with Gasteiger partial charge in [-0.2, -0.15) is 0 Å². The van der Waals surface area contributed by atoms with Crippen molar-refractivity contribution in [2.75, 3.05) is 17.2 Å². The van der Waals surface area contributed by atoms with Crippen molar-refractivity contribution >= 4 is 49.7 Å². The van der Waals surface area contributed by atoms with Crippen molar-refractivity contribution in [2.45, 2.75) is 23.6 Å². The molecular formula is C22H20FIN2O3S. The zero-order chi connectivity index (χ0) is 21.9. The Kier molecular flexibility index (Phi) is 6.77. The van der Waals surface area contributed by atoms with Crippen molar-refractivity contribution in [2.24, 2.45) is 0 Å². The predicted octanol–water partition coefficient (Wildman–Crippen LogP) is 4.93. The number of amides is 1. The molecule has 5 nitrogen and oxygen atoms in total. The maximum Gasteiger partial charge on any atom is 0.243 e. The Morgan fingerprint density at radius 1 is 0.967 bits per heavy atom. The lowest BCUT2D eigenvalue weighted by molar-refractivity contribution is -0.114. The van der Waals surface area contributed by atoms with Gasteiger partial charge in [0.15, 0.2) is 0 Å². The highest BCUT2D eigenvalue weighted by atomic mass is 127. The fourth-order valence-electron chi connectivity index (χ4n) is 2.88. The second kappa shape index (κ2) is 9.13. The first-order valence-electron chi connectivity index (χ1n) is 9.08. The van der Waals surface area contributed by atoms with E-state index in [1.807, 2.05) is 25.1 Å². The average molecular weight is 538 g/mol. The standard InChI is InChI=1S/C22H20FIN2O3S/c1-14-3-9-20(21(11-14)30(28,29)18-7-4-16(23)5-8-18)25-13-22(27)26-19-10-6-17(24)12-15(19)2/h3-12,25H,13H2,1-2H3,(H,26,27). The van der Waals surface area contributed by atoms with Gasteiger partial charge >= 0.3 is 0 Å². The number of rotatable bonds is 6. The van der Waals surface area contributed by atoms with Gasteiger partial charge in [0.25, 0.3) is 0 Å². The topological polar surface area (TPSA) is 75.3 Å². The molecule has 0 aliphatic heterocycles. The van der Waals surface area contributed by atoms with Crippen molar-refractivity contribution < 1.29 is 17.6 Å². The molecule has 2 N–H and O–H groups in total.